The van der Waals surface area contributed by atoms with Crippen molar-refractivity contribution in [1.82, 2.24) is 10.8 Å². The molecular formula is C14H30N2O. The summed E-state index contributed by atoms with van der Waals surface area (Å²) >= 11 is 0. The van der Waals surface area contributed by atoms with Gasteiger partial charge < -0.3 is 5.32 Å². The minimum absolute atomic E-state index is 0.579. The van der Waals surface area contributed by atoms with Gasteiger partial charge in [0.05, 0.1) is 6.61 Å². The fourth-order valence-electron chi connectivity index (χ4n) is 1.35. The van der Waals surface area contributed by atoms with E-state index in [0.717, 1.165) is 38.1 Å². The molecule has 0 spiro atoms. The zero-order valence-corrected chi connectivity index (χ0v) is 12.0. The van der Waals surface area contributed by atoms with Gasteiger partial charge in [-0.3, -0.25) is 10.3 Å². The molecule has 17 heavy (non-hydrogen) atoms. The van der Waals surface area contributed by atoms with Crippen molar-refractivity contribution in [2.24, 2.45) is 5.92 Å². The molecule has 0 rings (SSSR count). The van der Waals surface area contributed by atoms with Crippen LogP contribution in [0, 0.1) is 5.92 Å². The molecule has 3 nitrogen and oxygen atoms in total. The quantitative estimate of drug-likeness (QED) is 0.431. The van der Waals surface area contributed by atoms with Crippen LogP contribution >= 0.6 is 0 Å². The predicted molar refractivity (Wildman–Crippen MR) is 74.7 cm³/mol. The monoisotopic (exact) mass is 242 g/mol. The van der Waals surface area contributed by atoms with Crippen molar-refractivity contribution in [3.05, 3.63) is 12.3 Å². The van der Waals surface area contributed by atoms with E-state index in [1.807, 2.05) is 0 Å². The second-order valence-corrected chi connectivity index (χ2v) is 5.30. The third-order valence-electron chi connectivity index (χ3n) is 2.47. The van der Waals surface area contributed by atoms with Crippen LogP contribution in [0.5, 0.6) is 0 Å². The number of hydrogen-bond acceptors (Lipinski definition) is 3. The molecule has 0 saturated heterocycles. The van der Waals surface area contributed by atoms with Gasteiger partial charge in [-0.2, -0.15) is 0 Å². The summed E-state index contributed by atoms with van der Waals surface area (Å²) in [5, 5.41) is 3.40. The number of allylic oxidation sites excluding steroid dienone is 1. The lowest BCUT2D eigenvalue weighted by atomic mass is 10.1. The van der Waals surface area contributed by atoms with Gasteiger partial charge in [0.2, 0.25) is 0 Å². The van der Waals surface area contributed by atoms with Crippen molar-refractivity contribution >= 4 is 0 Å². The summed E-state index contributed by atoms with van der Waals surface area (Å²) in [6, 6.07) is 0.579. The molecule has 0 aromatic rings. The minimum atomic E-state index is 0.579. The van der Waals surface area contributed by atoms with Crippen LogP contribution in [0.3, 0.4) is 0 Å². The van der Waals surface area contributed by atoms with Gasteiger partial charge in [-0.25, -0.2) is 0 Å². The molecule has 0 fully saturated rings. The first-order valence-corrected chi connectivity index (χ1v) is 6.81. The summed E-state index contributed by atoms with van der Waals surface area (Å²) in [6.07, 6.45) is 4.41. The molecule has 0 saturated carbocycles. The van der Waals surface area contributed by atoms with E-state index in [9.17, 15) is 0 Å². The third-order valence-corrected chi connectivity index (χ3v) is 2.47. The Labute approximate surface area is 107 Å². The van der Waals surface area contributed by atoms with Crippen LogP contribution in [-0.4, -0.2) is 19.2 Å². The number of rotatable bonds is 11. The molecule has 3 heteroatoms. The first kappa shape index (κ1) is 16.5. The molecule has 0 heterocycles. The van der Waals surface area contributed by atoms with Gasteiger partial charge in [-0.05, 0) is 38.1 Å². The van der Waals surface area contributed by atoms with Crippen molar-refractivity contribution in [3.63, 3.8) is 0 Å². The van der Waals surface area contributed by atoms with Gasteiger partial charge in [0.1, 0.15) is 0 Å². The van der Waals surface area contributed by atoms with Crippen LogP contribution in [0.2, 0.25) is 0 Å². The highest BCUT2D eigenvalue weighted by molar-refractivity contribution is 4.87. The van der Waals surface area contributed by atoms with E-state index < -0.39 is 0 Å². The molecule has 0 aromatic heterocycles. The van der Waals surface area contributed by atoms with Crippen LogP contribution < -0.4 is 10.8 Å². The lowest BCUT2D eigenvalue weighted by Crippen LogP contribution is -2.23. The Balaban J connectivity index is 3.23. The standard InChI is InChI=1S/C14H30N2O/c1-12(2)9-11-17-16-14(5)8-6-7-10-15-13(3)4/h12-13,15-16H,5-11H2,1-4H3. The summed E-state index contributed by atoms with van der Waals surface area (Å²) in [6.45, 7) is 14.5. The first-order chi connectivity index (χ1) is 8.02. The summed E-state index contributed by atoms with van der Waals surface area (Å²) < 4.78 is 0. The Morgan fingerprint density at radius 2 is 1.88 bits per heavy atom. The largest absolute Gasteiger partial charge is 0.315 e. The topological polar surface area (TPSA) is 33.3 Å². The van der Waals surface area contributed by atoms with Crippen molar-refractivity contribution in [2.75, 3.05) is 13.2 Å². The molecule has 0 aliphatic rings. The zero-order chi connectivity index (χ0) is 13.1. The summed E-state index contributed by atoms with van der Waals surface area (Å²) in [5.41, 5.74) is 3.91. The smallest absolute Gasteiger partial charge is 0.0748 e. The average Bonchev–Trinajstić information content (AvgIpc) is 2.23. The van der Waals surface area contributed by atoms with E-state index >= 15 is 0 Å². The van der Waals surface area contributed by atoms with Crippen LogP contribution in [0.1, 0.15) is 53.4 Å². The minimum Gasteiger partial charge on any atom is -0.315 e. The fourth-order valence-corrected chi connectivity index (χ4v) is 1.35. The Hall–Kier alpha value is -0.540. The molecule has 0 unspecified atom stereocenters. The first-order valence-electron chi connectivity index (χ1n) is 6.81. The number of unbranched alkanes of at least 4 members (excludes halogenated alkanes) is 1. The second kappa shape index (κ2) is 10.6. The van der Waals surface area contributed by atoms with E-state index in [1.165, 1.54) is 6.42 Å². The third kappa shape index (κ3) is 13.4. The number of hydroxylamine groups is 1. The molecule has 0 aliphatic carbocycles. The molecule has 0 aromatic carbocycles. The molecular weight excluding hydrogens is 212 g/mol. The van der Waals surface area contributed by atoms with Crippen molar-refractivity contribution in [2.45, 2.75) is 59.4 Å². The molecule has 0 aliphatic heterocycles. The van der Waals surface area contributed by atoms with E-state index in [4.69, 9.17) is 4.84 Å². The second-order valence-electron chi connectivity index (χ2n) is 5.30. The maximum Gasteiger partial charge on any atom is 0.0748 e. The van der Waals surface area contributed by atoms with Gasteiger partial charge >= 0.3 is 0 Å². The average molecular weight is 242 g/mol. The van der Waals surface area contributed by atoms with Crippen LogP contribution in [0.25, 0.3) is 0 Å². The van der Waals surface area contributed by atoms with Crippen LogP contribution in [0.4, 0.5) is 0 Å². The molecule has 0 radical (unpaired) electrons. The van der Waals surface area contributed by atoms with Crippen molar-refractivity contribution in [3.8, 4) is 0 Å². The highest BCUT2D eigenvalue weighted by Crippen LogP contribution is 2.03. The zero-order valence-electron chi connectivity index (χ0n) is 12.0. The maximum atomic E-state index is 5.34. The van der Waals surface area contributed by atoms with Gasteiger partial charge in [0.25, 0.3) is 0 Å². The van der Waals surface area contributed by atoms with Crippen LogP contribution in [0.15, 0.2) is 12.3 Å². The highest BCUT2D eigenvalue weighted by Gasteiger charge is 1.97. The summed E-state index contributed by atoms with van der Waals surface area (Å²) in [4.78, 5) is 5.34. The SMILES string of the molecule is C=C(CCCCNC(C)C)NOCCC(C)C. The Morgan fingerprint density at radius 3 is 2.47 bits per heavy atom. The Bertz CT molecular complexity index is 191. The predicted octanol–water partition coefficient (Wildman–Crippen LogP) is 3.24. The van der Waals surface area contributed by atoms with Crippen molar-refractivity contribution < 1.29 is 4.84 Å². The Morgan fingerprint density at radius 1 is 1.18 bits per heavy atom. The number of nitrogens with one attached hydrogen (secondary N) is 2. The summed E-state index contributed by atoms with van der Waals surface area (Å²) in [5.74, 6) is 0.687. The molecule has 102 valence electrons. The fraction of sp³-hybridized carbons (Fsp3) is 0.857. The molecule has 0 atom stereocenters. The van der Waals surface area contributed by atoms with Crippen molar-refractivity contribution in [1.29, 1.82) is 0 Å². The van der Waals surface area contributed by atoms with Gasteiger partial charge in [-0.15, -0.1) is 0 Å². The highest BCUT2D eigenvalue weighted by atomic mass is 16.6. The summed E-state index contributed by atoms with van der Waals surface area (Å²) in [7, 11) is 0. The lowest BCUT2D eigenvalue weighted by molar-refractivity contribution is 0.0531. The van der Waals surface area contributed by atoms with E-state index in [0.29, 0.717) is 12.0 Å². The van der Waals surface area contributed by atoms with Gasteiger partial charge in [0.15, 0.2) is 0 Å². The lowest BCUT2D eigenvalue weighted by Gasteiger charge is -2.11. The molecule has 0 amide bonds. The maximum absolute atomic E-state index is 5.34. The van der Waals surface area contributed by atoms with E-state index in [2.05, 4.69) is 45.1 Å². The molecule has 0 bridgehead atoms. The Kier molecular flexibility index (Phi) is 10.3. The van der Waals surface area contributed by atoms with Gasteiger partial charge in [0, 0.05) is 11.7 Å². The van der Waals surface area contributed by atoms with E-state index in [-0.39, 0.29) is 0 Å². The van der Waals surface area contributed by atoms with E-state index in [1.54, 1.807) is 0 Å². The molecule has 2 N–H and O–H groups in total. The normalized spacial score (nSPS) is 11.2. The van der Waals surface area contributed by atoms with Gasteiger partial charge in [-0.1, -0.05) is 34.3 Å². The number of hydrogen-bond donors (Lipinski definition) is 2. The van der Waals surface area contributed by atoms with Crippen LogP contribution in [-0.2, 0) is 4.84 Å².